The van der Waals surface area contributed by atoms with Crippen molar-refractivity contribution in [2.75, 3.05) is 6.61 Å². The molecule has 1 aromatic carbocycles. The van der Waals surface area contributed by atoms with Crippen LogP contribution in [0.2, 0.25) is 0 Å². The number of nitriles is 1. The largest absolute Gasteiger partial charge is 0.492 e. The lowest BCUT2D eigenvalue weighted by molar-refractivity contribution is 0.288. The molecule has 0 bridgehead atoms. The van der Waals surface area contributed by atoms with Crippen molar-refractivity contribution in [3.05, 3.63) is 41.5 Å². The van der Waals surface area contributed by atoms with Crippen LogP contribution in [-0.2, 0) is 19.4 Å². The second kappa shape index (κ2) is 6.71. The Morgan fingerprint density at radius 3 is 2.55 bits per heavy atom. The molecule has 0 unspecified atom stereocenters. The Balaban J connectivity index is 1.92. The van der Waals surface area contributed by atoms with Crippen LogP contribution in [0.1, 0.15) is 31.1 Å². The molecule has 0 amide bonds. The van der Waals surface area contributed by atoms with Crippen molar-refractivity contribution in [3.8, 4) is 11.8 Å². The van der Waals surface area contributed by atoms with Crippen LogP contribution in [0.5, 0.6) is 5.75 Å². The molecule has 0 aliphatic carbocycles. The summed E-state index contributed by atoms with van der Waals surface area (Å²) >= 11 is 0. The first-order valence-corrected chi connectivity index (χ1v) is 6.82. The van der Waals surface area contributed by atoms with Crippen molar-refractivity contribution >= 4 is 0 Å². The second-order valence-corrected chi connectivity index (χ2v) is 4.36. The Morgan fingerprint density at radius 1 is 1.20 bits per heavy atom. The van der Waals surface area contributed by atoms with Gasteiger partial charge in [-0.05, 0) is 24.3 Å². The fraction of sp³-hybridized carbons (Fsp3) is 0.400. The quantitative estimate of drug-likeness (QED) is 0.808. The Bertz CT molecular complexity index is 595. The molecule has 5 nitrogen and oxygen atoms in total. The molecule has 0 N–H and O–H groups in total. The molecule has 2 aromatic rings. The summed E-state index contributed by atoms with van der Waals surface area (Å²) in [6.07, 6.45) is 1.71. The van der Waals surface area contributed by atoms with Gasteiger partial charge in [0, 0.05) is 12.8 Å². The number of benzene rings is 1. The third kappa shape index (κ3) is 3.35. The molecule has 5 heteroatoms. The molecular formula is C15H18N4O. The van der Waals surface area contributed by atoms with E-state index in [9.17, 15) is 0 Å². The molecule has 0 spiro atoms. The number of aromatic nitrogens is 3. The second-order valence-electron chi connectivity index (χ2n) is 4.36. The van der Waals surface area contributed by atoms with Gasteiger partial charge < -0.3 is 4.74 Å². The predicted octanol–water partition coefficient (Wildman–Crippen LogP) is 2.35. The van der Waals surface area contributed by atoms with E-state index in [0.29, 0.717) is 18.7 Å². The zero-order valence-corrected chi connectivity index (χ0v) is 11.8. The zero-order chi connectivity index (χ0) is 14.4. The van der Waals surface area contributed by atoms with Crippen molar-refractivity contribution in [1.29, 1.82) is 5.26 Å². The number of ether oxygens (including phenoxy) is 1. The maximum Gasteiger partial charge on any atom is 0.150 e. The molecule has 0 radical (unpaired) electrons. The van der Waals surface area contributed by atoms with Crippen LogP contribution in [0.4, 0.5) is 0 Å². The van der Waals surface area contributed by atoms with Crippen molar-refractivity contribution in [2.24, 2.45) is 0 Å². The van der Waals surface area contributed by atoms with E-state index in [-0.39, 0.29) is 0 Å². The van der Waals surface area contributed by atoms with E-state index in [0.717, 1.165) is 30.2 Å². The van der Waals surface area contributed by atoms with Gasteiger partial charge in [-0.3, -0.25) is 0 Å². The Labute approximate surface area is 118 Å². The van der Waals surface area contributed by atoms with E-state index >= 15 is 0 Å². The molecular weight excluding hydrogens is 252 g/mol. The summed E-state index contributed by atoms with van der Waals surface area (Å²) < 4.78 is 7.56. The molecule has 1 aromatic heterocycles. The molecule has 0 aliphatic rings. The normalized spacial score (nSPS) is 10.2. The summed E-state index contributed by atoms with van der Waals surface area (Å²) in [5, 5.41) is 13.2. The van der Waals surface area contributed by atoms with Crippen molar-refractivity contribution in [3.63, 3.8) is 0 Å². The lowest BCUT2D eigenvalue weighted by Crippen LogP contribution is -2.12. The molecule has 0 saturated heterocycles. The van der Waals surface area contributed by atoms with Crippen LogP contribution in [-0.4, -0.2) is 21.4 Å². The average molecular weight is 270 g/mol. The Hall–Kier alpha value is -2.35. The molecule has 2 rings (SSSR count). The Morgan fingerprint density at radius 2 is 1.95 bits per heavy atom. The highest BCUT2D eigenvalue weighted by Gasteiger charge is 2.06. The number of aryl methyl sites for hydroxylation is 2. The summed E-state index contributed by atoms with van der Waals surface area (Å²) in [5.41, 5.74) is 0.634. The fourth-order valence-corrected chi connectivity index (χ4v) is 1.89. The summed E-state index contributed by atoms with van der Waals surface area (Å²) in [4.78, 5) is 4.46. The van der Waals surface area contributed by atoms with E-state index in [1.807, 2.05) is 11.6 Å². The minimum atomic E-state index is 0.533. The van der Waals surface area contributed by atoms with Crippen molar-refractivity contribution in [1.82, 2.24) is 14.8 Å². The molecule has 0 aliphatic heterocycles. The minimum Gasteiger partial charge on any atom is -0.492 e. The zero-order valence-electron chi connectivity index (χ0n) is 11.8. The molecule has 1 heterocycles. The standard InChI is InChI=1S/C15H18N4O/c1-3-14-17-15(4-2)19(18-14)9-10-20-13-7-5-12(11-16)6-8-13/h5-8H,3-4,9-10H2,1-2H3. The highest BCUT2D eigenvalue weighted by atomic mass is 16.5. The highest BCUT2D eigenvalue weighted by molar-refractivity contribution is 5.34. The predicted molar refractivity (Wildman–Crippen MR) is 75.4 cm³/mol. The topological polar surface area (TPSA) is 63.7 Å². The number of nitrogens with zero attached hydrogens (tertiary/aromatic N) is 4. The first kappa shape index (κ1) is 14.1. The maximum absolute atomic E-state index is 8.73. The SMILES string of the molecule is CCc1nc(CC)n(CCOc2ccc(C#N)cc2)n1. The summed E-state index contributed by atoms with van der Waals surface area (Å²) in [7, 11) is 0. The average Bonchev–Trinajstić information content (AvgIpc) is 2.90. The monoisotopic (exact) mass is 270 g/mol. The lowest BCUT2D eigenvalue weighted by atomic mass is 10.2. The third-order valence-electron chi connectivity index (χ3n) is 2.98. The van der Waals surface area contributed by atoms with E-state index < -0.39 is 0 Å². The van der Waals surface area contributed by atoms with Gasteiger partial charge in [0.2, 0.25) is 0 Å². The summed E-state index contributed by atoms with van der Waals surface area (Å²) in [5.74, 6) is 2.63. The van der Waals surface area contributed by atoms with Crippen molar-refractivity contribution in [2.45, 2.75) is 33.2 Å². The smallest absolute Gasteiger partial charge is 0.150 e. The first-order chi connectivity index (χ1) is 9.76. The van der Waals surface area contributed by atoms with Crippen LogP contribution in [0.3, 0.4) is 0 Å². The van der Waals surface area contributed by atoms with Crippen LogP contribution in [0.15, 0.2) is 24.3 Å². The van der Waals surface area contributed by atoms with E-state index in [4.69, 9.17) is 10.00 Å². The molecule has 0 saturated carbocycles. The highest BCUT2D eigenvalue weighted by Crippen LogP contribution is 2.11. The van der Waals surface area contributed by atoms with Crippen molar-refractivity contribution < 1.29 is 4.74 Å². The van der Waals surface area contributed by atoms with Crippen LogP contribution < -0.4 is 4.74 Å². The Kier molecular flexibility index (Phi) is 4.72. The molecule has 0 fully saturated rings. The number of rotatable bonds is 6. The van der Waals surface area contributed by atoms with Gasteiger partial charge in [0.05, 0.1) is 18.2 Å². The van der Waals surface area contributed by atoms with Gasteiger partial charge in [0.1, 0.15) is 18.2 Å². The lowest BCUT2D eigenvalue weighted by Gasteiger charge is -2.07. The number of hydrogen-bond acceptors (Lipinski definition) is 4. The first-order valence-electron chi connectivity index (χ1n) is 6.82. The maximum atomic E-state index is 8.73. The molecule has 20 heavy (non-hydrogen) atoms. The van der Waals surface area contributed by atoms with Gasteiger partial charge >= 0.3 is 0 Å². The molecule has 104 valence electrons. The van der Waals surface area contributed by atoms with Gasteiger partial charge in [-0.25, -0.2) is 9.67 Å². The van der Waals surface area contributed by atoms with E-state index in [1.165, 1.54) is 0 Å². The van der Waals surface area contributed by atoms with Crippen LogP contribution >= 0.6 is 0 Å². The number of hydrogen-bond donors (Lipinski definition) is 0. The summed E-state index contributed by atoms with van der Waals surface area (Å²) in [6, 6.07) is 9.18. The fourth-order valence-electron chi connectivity index (χ4n) is 1.89. The van der Waals surface area contributed by atoms with Crippen LogP contribution in [0, 0.1) is 11.3 Å². The van der Waals surface area contributed by atoms with E-state index in [2.05, 4.69) is 23.1 Å². The van der Waals surface area contributed by atoms with Gasteiger partial charge in [-0.15, -0.1) is 0 Å². The van der Waals surface area contributed by atoms with Gasteiger partial charge in [0.25, 0.3) is 0 Å². The van der Waals surface area contributed by atoms with Crippen LogP contribution in [0.25, 0.3) is 0 Å². The van der Waals surface area contributed by atoms with Gasteiger partial charge in [0.15, 0.2) is 5.82 Å². The summed E-state index contributed by atoms with van der Waals surface area (Å²) in [6.45, 7) is 5.33. The van der Waals surface area contributed by atoms with Gasteiger partial charge in [-0.1, -0.05) is 13.8 Å². The van der Waals surface area contributed by atoms with Gasteiger partial charge in [-0.2, -0.15) is 10.4 Å². The third-order valence-corrected chi connectivity index (χ3v) is 2.98. The molecule has 0 atom stereocenters. The van der Waals surface area contributed by atoms with E-state index in [1.54, 1.807) is 24.3 Å². The minimum absolute atomic E-state index is 0.533.